The van der Waals surface area contributed by atoms with E-state index in [9.17, 15) is 9.59 Å². The molecule has 0 aliphatic heterocycles. The van der Waals surface area contributed by atoms with Gasteiger partial charge in [0.2, 0.25) is 0 Å². The molecular formula is C12H11BrO3S. The van der Waals surface area contributed by atoms with Gasteiger partial charge in [0, 0.05) is 11.0 Å². The Labute approximate surface area is 113 Å². The number of carboxylic acid groups (broad SMARTS) is 1. The van der Waals surface area contributed by atoms with Crippen LogP contribution >= 0.6 is 28.6 Å². The zero-order valence-electron chi connectivity index (χ0n) is 9.05. The molecule has 0 aromatic heterocycles. The SMILES string of the molecule is CC(=O)C(Br)c1c(S)cccc1C=CC(=O)O. The van der Waals surface area contributed by atoms with Gasteiger partial charge >= 0.3 is 5.97 Å². The summed E-state index contributed by atoms with van der Waals surface area (Å²) in [7, 11) is 0. The van der Waals surface area contributed by atoms with E-state index >= 15 is 0 Å². The minimum Gasteiger partial charge on any atom is -0.478 e. The van der Waals surface area contributed by atoms with E-state index < -0.39 is 10.8 Å². The second kappa shape index (κ2) is 6.02. The van der Waals surface area contributed by atoms with Gasteiger partial charge in [-0.2, -0.15) is 0 Å². The molecule has 0 bridgehead atoms. The fourth-order valence-corrected chi connectivity index (χ4v) is 2.39. The predicted octanol–water partition coefficient (Wildman–Crippen LogP) is 3.10. The number of alkyl halides is 1. The molecule has 0 saturated carbocycles. The molecule has 1 unspecified atom stereocenters. The van der Waals surface area contributed by atoms with E-state index in [0.29, 0.717) is 16.0 Å². The van der Waals surface area contributed by atoms with Crippen LogP contribution in [0.5, 0.6) is 0 Å². The second-order valence-electron chi connectivity index (χ2n) is 3.42. The highest BCUT2D eigenvalue weighted by Crippen LogP contribution is 2.32. The van der Waals surface area contributed by atoms with Gasteiger partial charge in [0.25, 0.3) is 0 Å². The predicted molar refractivity (Wildman–Crippen MR) is 72.7 cm³/mol. The molecule has 90 valence electrons. The first-order valence-electron chi connectivity index (χ1n) is 4.81. The maximum absolute atomic E-state index is 11.4. The molecule has 1 N–H and O–H groups in total. The third-order valence-electron chi connectivity index (χ3n) is 2.13. The Morgan fingerprint density at radius 3 is 2.65 bits per heavy atom. The molecule has 0 heterocycles. The van der Waals surface area contributed by atoms with Crippen molar-refractivity contribution in [2.24, 2.45) is 0 Å². The van der Waals surface area contributed by atoms with Gasteiger partial charge in [0.1, 0.15) is 5.78 Å². The third-order valence-corrected chi connectivity index (χ3v) is 3.63. The molecule has 0 aliphatic carbocycles. The van der Waals surface area contributed by atoms with Crippen LogP contribution in [0.25, 0.3) is 6.08 Å². The van der Waals surface area contributed by atoms with Crippen molar-refractivity contribution in [1.29, 1.82) is 0 Å². The van der Waals surface area contributed by atoms with Crippen LogP contribution in [-0.4, -0.2) is 16.9 Å². The summed E-state index contributed by atoms with van der Waals surface area (Å²) in [6.07, 6.45) is 2.49. The Morgan fingerprint density at radius 2 is 2.12 bits per heavy atom. The highest BCUT2D eigenvalue weighted by molar-refractivity contribution is 9.09. The molecule has 1 atom stereocenters. The lowest BCUT2D eigenvalue weighted by molar-refractivity contribution is -0.131. The molecule has 1 aromatic rings. The summed E-state index contributed by atoms with van der Waals surface area (Å²) < 4.78 is 0. The van der Waals surface area contributed by atoms with Crippen molar-refractivity contribution in [3.05, 3.63) is 35.4 Å². The zero-order chi connectivity index (χ0) is 13.0. The largest absolute Gasteiger partial charge is 0.478 e. The van der Waals surface area contributed by atoms with Crippen LogP contribution in [0.4, 0.5) is 0 Å². The van der Waals surface area contributed by atoms with Crippen molar-refractivity contribution in [3.8, 4) is 0 Å². The van der Waals surface area contributed by atoms with Gasteiger partial charge in [-0.3, -0.25) is 4.79 Å². The number of carboxylic acids is 1. The quantitative estimate of drug-likeness (QED) is 0.510. The van der Waals surface area contributed by atoms with Gasteiger partial charge < -0.3 is 5.11 Å². The van der Waals surface area contributed by atoms with E-state index in [-0.39, 0.29) is 5.78 Å². The fourth-order valence-electron chi connectivity index (χ4n) is 1.36. The Bertz CT molecular complexity index is 483. The van der Waals surface area contributed by atoms with Crippen LogP contribution in [0.15, 0.2) is 29.2 Å². The second-order valence-corrected chi connectivity index (χ2v) is 4.82. The number of carbonyl (C=O) groups excluding carboxylic acids is 1. The zero-order valence-corrected chi connectivity index (χ0v) is 11.5. The van der Waals surface area contributed by atoms with Gasteiger partial charge in [0.05, 0.1) is 4.83 Å². The molecule has 0 fully saturated rings. The smallest absolute Gasteiger partial charge is 0.328 e. The average molecular weight is 315 g/mol. The van der Waals surface area contributed by atoms with Crippen molar-refractivity contribution in [3.63, 3.8) is 0 Å². The molecule has 3 nitrogen and oxygen atoms in total. The summed E-state index contributed by atoms with van der Waals surface area (Å²) in [6.45, 7) is 1.46. The molecule has 0 radical (unpaired) electrons. The Balaban J connectivity index is 3.26. The number of thiol groups is 1. The molecular weight excluding hydrogens is 304 g/mol. The topological polar surface area (TPSA) is 54.4 Å². The first kappa shape index (κ1) is 14.0. The van der Waals surface area contributed by atoms with E-state index in [1.165, 1.54) is 13.0 Å². The number of hydrogen-bond acceptors (Lipinski definition) is 3. The highest BCUT2D eigenvalue weighted by Gasteiger charge is 2.18. The first-order valence-corrected chi connectivity index (χ1v) is 6.17. The Kier molecular flexibility index (Phi) is 4.96. The summed E-state index contributed by atoms with van der Waals surface area (Å²) in [5.74, 6) is -1.09. The normalized spacial score (nSPS) is 12.6. The van der Waals surface area contributed by atoms with E-state index in [1.54, 1.807) is 18.2 Å². The van der Waals surface area contributed by atoms with Crippen molar-refractivity contribution in [2.75, 3.05) is 0 Å². The van der Waals surface area contributed by atoms with Crippen LogP contribution in [0, 0.1) is 0 Å². The summed E-state index contributed by atoms with van der Waals surface area (Å²) in [5.41, 5.74) is 1.35. The average Bonchev–Trinajstić information content (AvgIpc) is 2.25. The minimum atomic E-state index is -1.03. The van der Waals surface area contributed by atoms with Crippen LogP contribution in [0.2, 0.25) is 0 Å². The maximum atomic E-state index is 11.4. The van der Waals surface area contributed by atoms with E-state index in [4.69, 9.17) is 5.11 Å². The standard InChI is InChI=1S/C12H11BrO3S/c1-7(14)12(13)11-8(5-6-10(15)16)3-2-4-9(11)17/h2-6,12,17H,1H3,(H,15,16). The lowest BCUT2D eigenvalue weighted by Crippen LogP contribution is -2.04. The lowest BCUT2D eigenvalue weighted by Gasteiger charge is -2.12. The van der Waals surface area contributed by atoms with Gasteiger partial charge in [-0.1, -0.05) is 28.1 Å². The van der Waals surface area contributed by atoms with Crippen LogP contribution in [-0.2, 0) is 9.59 Å². The molecule has 0 amide bonds. The van der Waals surface area contributed by atoms with Gasteiger partial charge in [-0.15, -0.1) is 12.6 Å². The third kappa shape index (κ3) is 3.71. The molecule has 5 heteroatoms. The first-order chi connectivity index (χ1) is 7.93. The van der Waals surface area contributed by atoms with Gasteiger partial charge in [-0.25, -0.2) is 4.79 Å². The van der Waals surface area contributed by atoms with Crippen LogP contribution < -0.4 is 0 Å². The fraction of sp³-hybridized carbons (Fsp3) is 0.167. The van der Waals surface area contributed by atoms with E-state index in [2.05, 4.69) is 28.6 Å². The Hall–Kier alpha value is -1.07. The maximum Gasteiger partial charge on any atom is 0.328 e. The molecule has 0 saturated heterocycles. The van der Waals surface area contributed by atoms with Crippen LogP contribution in [0.3, 0.4) is 0 Å². The summed E-state index contributed by atoms with van der Waals surface area (Å²) in [4.78, 5) is 22.0. The number of carbonyl (C=O) groups is 2. The van der Waals surface area contributed by atoms with Crippen molar-refractivity contribution in [2.45, 2.75) is 16.6 Å². The van der Waals surface area contributed by atoms with Crippen molar-refractivity contribution in [1.82, 2.24) is 0 Å². The number of aliphatic carboxylic acids is 1. The number of ketones is 1. The summed E-state index contributed by atoms with van der Waals surface area (Å²) >= 11 is 7.56. The number of rotatable bonds is 4. The molecule has 17 heavy (non-hydrogen) atoms. The molecule has 1 aromatic carbocycles. The van der Waals surface area contributed by atoms with E-state index in [0.717, 1.165) is 6.08 Å². The summed E-state index contributed by atoms with van der Waals surface area (Å²) in [5, 5.41) is 8.60. The minimum absolute atomic E-state index is 0.0588. The number of hydrogen-bond donors (Lipinski definition) is 2. The highest BCUT2D eigenvalue weighted by atomic mass is 79.9. The number of benzene rings is 1. The molecule has 0 aliphatic rings. The Morgan fingerprint density at radius 1 is 1.47 bits per heavy atom. The van der Waals surface area contributed by atoms with Gasteiger partial charge in [0.15, 0.2) is 0 Å². The molecule has 1 rings (SSSR count). The summed E-state index contributed by atoms with van der Waals surface area (Å²) in [6, 6.07) is 5.26. The lowest BCUT2D eigenvalue weighted by atomic mass is 10.0. The number of Topliss-reactive ketones (excluding diaryl/α,β-unsaturated/α-hetero) is 1. The van der Waals surface area contributed by atoms with Crippen molar-refractivity contribution >= 4 is 46.4 Å². The van der Waals surface area contributed by atoms with Gasteiger partial charge in [-0.05, 0) is 30.2 Å². The van der Waals surface area contributed by atoms with E-state index in [1.807, 2.05) is 0 Å². The molecule has 0 spiro atoms. The monoisotopic (exact) mass is 314 g/mol. The van der Waals surface area contributed by atoms with Crippen LogP contribution in [0.1, 0.15) is 22.9 Å². The van der Waals surface area contributed by atoms with Crippen molar-refractivity contribution < 1.29 is 14.7 Å². The number of halogens is 1.